The third-order valence-corrected chi connectivity index (χ3v) is 5.01. The maximum absolute atomic E-state index is 12.7. The molecular weight excluding hydrogens is 458 g/mol. The Morgan fingerprint density at radius 1 is 0.941 bits per heavy atom. The van der Waals surface area contributed by atoms with Crippen molar-refractivity contribution in [2.45, 2.75) is 0 Å². The van der Waals surface area contributed by atoms with Crippen molar-refractivity contribution >= 4 is 40.2 Å². The van der Waals surface area contributed by atoms with Gasteiger partial charge in [-0.15, -0.1) is 0 Å². The summed E-state index contributed by atoms with van der Waals surface area (Å²) in [4.78, 5) is 34.5. The lowest BCUT2D eigenvalue weighted by atomic mass is 10.3. The van der Waals surface area contributed by atoms with Crippen LogP contribution in [-0.2, 0) is 14.3 Å². The fourth-order valence-electron chi connectivity index (χ4n) is 3.09. The molecule has 1 aromatic heterocycles. The molecule has 0 unspecified atom stereocenters. The van der Waals surface area contributed by atoms with Crippen molar-refractivity contribution in [2.75, 3.05) is 25.2 Å². The first-order valence-electron chi connectivity index (χ1n) is 10.3. The molecule has 0 fully saturated rings. The predicted molar refractivity (Wildman–Crippen MR) is 127 cm³/mol. The molecule has 0 aliphatic heterocycles. The van der Waals surface area contributed by atoms with E-state index in [4.69, 9.17) is 25.8 Å². The van der Waals surface area contributed by atoms with Gasteiger partial charge < -0.3 is 14.2 Å². The van der Waals surface area contributed by atoms with Crippen LogP contribution in [0.15, 0.2) is 79.0 Å². The zero-order valence-electron chi connectivity index (χ0n) is 18.2. The molecule has 172 valence electrons. The molecule has 0 N–H and O–H groups in total. The van der Waals surface area contributed by atoms with Crippen LogP contribution in [-0.4, -0.2) is 42.1 Å². The minimum Gasteiger partial charge on any atom is -0.484 e. The monoisotopic (exact) mass is 477 g/mol. The summed E-state index contributed by atoms with van der Waals surface area (Å²) in [7, 11) is 1.27. The molecule has 0 radical (unpaired) electrons. The van der Waals surface area contributed by atoms with Crippen molar-refractivity contribution in [3.63, 3.8) is 0 Å². The first kappa shape index (κ1) is 23.0. The number of ether oxygens (including phenoxy) is 3. The number of methoxy groups -OCH3 is 1. The van der Waals surface area contributed by atoms with E-state index in [-0.39, 0.29) is 19.1 Å². The predicted octanol–water partition coefficient (Wildman–Crippen LogP) is 4.66. The number of benzene rings is 3. The quantitative estimate of drug-likeness (QED) is 0.341. The molecule has 3 aromatic carbocycles. The minimum atomic E-state index is -0.529. The van der Waals surface area contributed by atoms with Crippen molar-refractivity contribution in [3.8, 4) is 17.4 Å². The number of fused-ring (bicyclic) bond motifs is 1. The molecule has 0 spiro atoms. The molecule has 1 heterocycles. The zero-order chi connectivity index (χ0) is 23.9. The number of amides is 1. The molecule has 0 aliphatic carbocycles. The number of rotatable bonds is 8. The number of esters is 1. The van der Waals surface area contributed by atoms with Crippen LogP contribution in [0.25, 0.3) is 11.0 Å². The minimum absolute atomic E-state index is 0.214. The SMILES string of the molecule is COC(=O)CN(C(=O)COc1ccc(Oc2cnc3cc(Cl)ccc3n2)cc1)c1ccccc1. The standard InChI is InChI=1S/C25H20ClN3O5/c1-32-25(31)15-29(18-5-3-2-4-6-18)24(30)16-33-19-8-10-20(11-9-19)34-23-14-27-22-13-17(26)7-12-21(22)28-23/h2-14H,15-16H2,1H3. The zero-order valence-corrected chi connectivity index (χ0v) is 18.9. The number of para-hydroxylation sites is 1. The highest BCUT2D eigenvalue weighted by Crippen LogP contribution is 2.24. The maximum Gasteiger partial charge on any atom is 0.325 e. The number of carbonyl (C=O) groups is 2. The Morgan fingerprint density at radius 2 is 1.68 bits per heavy atom. The van der Waals surface area contributed by atoms with E-state index in [9.17, 15) is 9.59 Å². The molecule has 1 amide bonds. The Kier molecular flexibility index (Phi) is 7.19. The highest BCUT2D eigenvalue weighted by Gasteiger charge is 2.20. The summed E-state index contributed by atoms with van der Waals surface area (Å²) in [6.45, 7) is -0.473. The third kappa shape index (κ3) is 5.79. The van der Waals surface area contributed by atoms with Gasteiger partial charge in [0.05, 0.1) is 24.3 Å². The molecule has 9 heteroatoms. The van der Waals surface area contributed by atoms with Crippen molar-refractivity contribution in [3.05, 3.63) is 84.0 Å². The van der Waals surface area contributed by atoms with Crippen molar-refractivity contribution in [1.82, 2.24) is 9.97 Å². The van der Waals surface area contributed by atoms with Crippen LogP contribution in [0.1, 0.15) is 0 Å². The molecule has 0 atom stereocenters. The van der Waals surface area contributed by atoms with Crippen LogP contribution >= 0.6 is 11.6 Å². The average molecular weight is 478 g/mol. The molecule has 0 saturated carbocycles. The molecule has 0 bridgehead atoms. The van der Waals surface area contributed by atoms with Crippen LogP contribution in [0, 0.1) is 0 Å². The number of nitrogens with zero attached hydrogens (tertiary/aromatic N) is 3. The van der Waals surface area contributed by atoms with Gasteiger partial charge in [-0.25, -0.2) is 9.97 Å². The van der Waals surface area contributed by atoms with Gasteiger partial charge in [-0.2, -0.15) is 0 Å². The third-order valence-electron chi connectivity index (χ3n) is 4.77. The summed E-state index contributed by atoms with van der Waals surface area (Å²) in [5, 5.41) is 0.585. The molecule has 0 saturated heterocycles. The van der Waals surface area contributed by atoms with E-state index in [1.54, 1.807) is 66.7 Å². The van der Waals surface area contributed by atoms with Crippen LogP contribution in [0.4, 0.5) is 5.69 Å². The van der Waals surface area contributed by atoms with Gasteiger partial charge in [0.15, 0.2) is 6.61 Å². The van der Waals surface area contributed by atoms with Crippen molar-refractivity contribution in [1.29, 1.82) is 0 Å². The van der Waals surface area contributed by atoms with Gasteiger partial charge in [0.2, 0.25) is 5.88 Å². The Morgan fingerprint density at radius 3 is 2.41 bits per heavy atom. The van der Waals surface area contributed by atoms with Gasteiger partial charge in [0.1, 0.15) is 18.0 Å². The number of halogens is 1. The highest BCUT2D eigenvalue weighted by atomic mass is 35.5. The van der Waals surface area contributed by atoms with Gasteiger partial charge in [-0.1, -0.05) is 29.8 Å². The Hall–Kier alpha value is -4.17. The largest absolute Gasteiger partial charge is 0.484 e. The summed E-state index contributed by atoms with van der Waals surface area (Å²) < 4.78 is 16.1. The second kappa shape index (κ2) is 10.6. The maximum atomic E-state index is 12.7. The van der Waals surface area contributed by atoms with Crippen LogP contribution in [0.2, 0.25) is 5.02 Å². The first-order chi connectivity index (χ1) is 16.5. The van der Waals surface area contributed by atoms with E-state index in [1.165, 1.54) is 18.2 Å². The molecular formula is C25H20ClN3O5. The van der Waals surface area contributed by atoms with E-state index in [0.29, 0.717) is 39.1 Å². The lowest BCUT2D eigenvalue weighted by Gasteiger charge is -2.21. The van der Waals surface area contributed by atoms with Gasteiger partial charge >= 0.3 is 5.97 Å². The van der Waals surface area contributed by atoms with Crippen LogP contribution in [0.3, 0.4) is 0 Å². The number of anilines is 1. The van der Waals surface area contributed by atoms with Gasteiger partial charge in [-0.3, -0.25) is 14.5 Å². The van der Waals surface area contributed by atoms with E-state index in [2.05, 4.69) is 9.97 Å². The highest BCUT2D eigenvalue weighted by molar-refractivity contribution is 6.31. The number of aromatic nitrogens is 2. The smallest absolute Gasteiger partial charge is 0.325 e. The van der Waals surface area contributed by atoms with Gasteiger partial charge in [0, 0.05) is 10.7 Å². The van der Waals surface area contributed by atoms with E-state index < -0.39 is 5.97 Å². The fourth-order valence-corrected chi connectivity index (χ4v) is 3.26. The summed E-state index contributed by atoms with van der Waals surface area (Å²) in [6, 6.07) is 20.8. The van der Waals surface area contributed by atoms with E-state index in [0.717, 1.165) is 0 Å². The van der Waals surface area contributed by atoms with Gasteiger partial charge in [-0.05, 0) is 54.6 Å². The number of hydrogen-bond acceptors (Lipinski definition) is 7. The summed E-state index contributed by atoms with van der Waals surface area (Å²) >= 11 is 5.97. The summed E-state index contributed by atoms with van der Waals surface area (Å²) in [5.41, 5.74) is 1.91. The lowest BCUT2D eigenvalue weighted by molar-refractivity contribution is -0.140. The second-order valence-electron chi connectivity index (χ2n) is 7.09. The fraction of sp³-hybridized carbons (Fsp3) is 0.120. The van der Waals surface area contributed by atoms with E-state index >= 15 is 0 Å². The van der Waals surface area contributed by atoms with Gasteiger partial charge in [0.25, 0.3) is 5.91 Å². The number of hydrogen-bond donors (Lipinski definition) is 0. The molecule has 0 aliphatic rings. The molecule has 34 heavy (non-hydrogen) atoms. The Labute approximate surface area is 200 Å². The van der Waals surface area contributed by atoms with Crippen molar-refractivity contribution < 1.29 is 23.8 Å². The van der Waals surface area contributed by atoms with Crippen LogP contribution < -0.4 is 14.4 Å². The molecule has 8 nitrogen and oxygen atoms in total. The second-order valence-corrected chi connectivity index (χ2v) is 7.53. The lowest BCUT2D eigenvalue weighted by Crippen LogP contribution is -2.39. The van der Waals surface area contributed by atoms with Crippen molar-refractivity contribution in [2.24, 2.45) is 0 Å². The summed E-state index contributed by atoms with van der Waals surface area (Å²) in [6.07, 6.45) is 1.52. The molecule has 4 rings (SSSR count). The Bertz CT molecular complexity index is 1300. The average Bonchev–Trinajstić information content (AvgIpc) is 2.87. The number of carbonyl (C=O) groups excluding carboxylic acids is 2. The topological polar surface area (TPSA) is 90.9 Å². The first-order valence-corrected chi connectivity index (χ1v) is 10.6. The summed E-state index contributed by atoms with van der Waals surface area (Å²) in [5.74, 6) is 0.408. The van der Waals surface area contributed by atoms with Crippen LogP contribution in [0.5, 0.6) is 17.4 Å². The van der Waals surface area contributed by atoms with E-state index in [1.807, 2.05) is 6.07 Å². The Balaban J connectivity index is 1.38. The molecule has 4 aromatic rings. The normalized spacial score (nSPS) is 10.5.